The van der Waals surface area contributed by atoms with E-state index in [0.717, 1.165) is 43.2 Å². The summed E-state index contributed by atoms with van der Waals surface area (Å²) in [5.41, 5.74) is 4.67. The molecule has 28 heavy (non-hydrogen) atoms. The second-order valence-electron chi connectivity index (χ2n) is 7.58. The number of benzene rings is 2. The molecule has 0 fully saturated rings. The summed E-state index contributed by atoms with van der Waals surface area (Å²) in [6, 6.07) is 12.2. The lowest BCUT2D eigenvalue weighted by Crippen LogP contribution is -2.33. The summed E-state index contributed by atoms with van der Waals surface area (Å²) >= 11 is 0. The van der Waals surface area contributed by atoms with Crippen molar-refractivity contribution in [3.8, 4) is 11.5 Å². The SMILES string of the molecule is COc1cc2c(cc1OC)CN(CCC(=O)Nc1ccc(C(C)C)cc1)CC2. The number of carbonyl (C=O) groups is 1. The molecular formula is C23H30N2O3. The Hall–Kier alpha value is -2.53. The molecule has 0 spiro atoms. The molecule has 1 aliphatic rings. The fraction of sp³-hybridized carbons (Fsp3) is 0.435. The third kappa shape index (κ3) is 4.84. The molecule has 0 radical (unpaired) electrons. The minimum absolute atomic E-state index is 0.0513. The van der Waals surface area contributed by atoms with Crippen molar-refractivity contribution >= 4 is 11.6 Å². The van der Waals surface area contributed by atoms with Crippen LogP contribution in [0.1, 0.15) is 42.9 Å². The molecule has 0 bridgehead atoms. The molecule has 0 saturated heterocycles. The lowest BCUT2D eigenvalue weighted by Gasteiger charge is -2.29. The monoisotopic (exact) mass is 382 g/mol. The zero-order valence-electron chi connectivity index (χ0n) is 17.2. The first-order chi connectivity index (χ1) is 13.5. The van der Waals surface area contributed by atoms with Crippen molar-refractivity contribution in [1.82, 2.24) is 4.90 Å². The maximum atomic E-state index is 12.3. The zero-order chi connectivity index (χ0) is 20.1. The van der Waals surface area contributed by atoms with Gasteiger partial charge < -0.3 is 14.8 Å². The molecule has 0 aromatic heterocycles. The second kappa shape index (κ2) is 9.11. The number of amides is 1. The van der Waals surface area contributed by atoms with Gasteiger partial charge in [0.15, 0.2) is 11.5 Å². The highest BCUT2D eigenvalue weighted by Crippen LogP contribution is 2.33. The molecule has 2 aromatic carbocycles. The van der Waals surface area contributed by atoms with Crippen LogP contribution in [-0.4, -0.2) is 38.1 Å². The van der Waals surface area contributed by atoms with E-state index in [1.807, 2.05) is 12.1 Å². The van der Waals surface area contributed by atoms with Crippen molar-refractivity contribution in [2.75, 3.05) is 32.6 Å². The van der Waals surface area contributed by atoms with E-state index in [4.69, 9.17) is 9.47 Å². The Morgan fingerprint density at radius 3 is 2.32 bits per heavy atom. The average molecular weight is 383 g/mol. The van der Waals surface area contributed by atoms with Crippen LogP contribution in [0.25, 0.3) is 0 Å². The van der Waals surface area contributed by atoms with Crippen LogP contribution >= 0.6 is 0 Å². The summed E-state index contributed by atoms with van der Waals surface area (Å²) in [5.74, 6) is 2.07. The minimum atomic E-state index is 0.0513. The maximum Gasteiger partial charge on any atom is 0.225 e. The molecule has 5 heteroatoms. The van der Waals surface area contributed by atoms with Crippen LogP contribution in [0.2, 0.25) is 0 Å². The Morgan fingerprint density at radius 1 is 1.07 bits per heavy atom. The van der Waals surface area contributed by atoms with Crippen molar-refractivity contribution in [3.63, 3.8) is 0 Å². The molecule has 0 aliphatic carbocycles. The summed E-state index contributed by atoms with van der Waals surface area (Å²) in [4.78, 5) is 14.6. The van der Waals surface area contributed by atoms with E-state index in [9.17, 15) is 4.79 Å². The molecule has 1 amide bonds. The third-order valence-corrected chi connectivity index (χ3v) is 5.31. The summed E-state index contributed by atoms with van der Waals surface area (Å²) in [6.07, 6.45) is 1.43. The Bertz CT molecular complexity index is 815. The molecule has 2 aromatic rings. The third-order valence-electron chi connectivity index (χ3n) is 5.31. The molecule has 0 atom stereocenters. The number of carbonyl (C=O) groups excluding carboxylic acids is 1. The first-order valence-electron chi connectivity index (χ1n) is 9.86. The number of nitrogens with one attached hydrogen (secondary N) is 1. The Labute approximate surface area is 167 Å². The van der Waals surface area contributed by atoms with E-state index in [1.54, 1.807) is 14.2 Å². The fourth-order valence-corrected chi connectivity index (χ4v) is 3.57. The van der Waals surface area contributed by atoms with E-state index < -0.39 is 0 Å². The van der Waals surface area contributed by atoms with Crippen LogP contribution in [0.15, 0.2) is 36.4 Å². The van der Waals surface area contributed by atoms with Crippen molar-refractivity contribution in [1.29, 1.82) is 0 Å². The number of nitrogens with zero attached hydrogens (tertiary/aromatic N) is 1. The lowest BCUT2D eigenvalue weighted by molar-refractivity contribution is -0.116. The van der Waals surface area contributed by atoms with E-state index in [-0.39, 0.29) is 5.91 Å². The summed E-state index contributed by atoms with van der Waals surface area (Å²) < 4.78 is 10.8. The average Bonchev–Trinajstić information content (AvgIpc) is 2.71. The zero-order valence-corrected chi connectivity index (χ0v) is 17.2. The summed E-state index contributed by atoms with van der Waals surface area (Å²) in [7, 11) is 3.32. The highest BCUT2D eigenvalue weighted by molar-refractivity contribution is 5.90. The van der Waals surface area contributed by atoms with Gasteiger partial charge >= 0.3 is 0 Å². The summed E-state index contributed by atoms with van der Waals surface area (Å²) in [6.45, 7) is 6.83. The standard InChI is InChI=1S/C23H30N2O3/c1-16(2)17-5-7-20(8-6-17)24-23(26)10-12-25-11-9-18-13-21(27-3)22(28-4)14-19(18)15-25/h5-8,13-14,16H,9-12,15H2,1-4H3,(H,24,26). The predicted octanol–water partition coefficient (Wildman–Crippen LogP) is 4.21. The highest BCUT2D eigenvalue weighted by Gasteiger charge is 2.20. The van der Waals surface area contributed by atoms with Gasteiger partial charge in [-0.05, 0) is 53.3 Å². The molecule has 0 unspecified atom stereocenters. The van der Waals surface area contributed by atoms with Crippen LogP contribution in [0, 0.1) is 0 Å². The number of hydrogen-bond acceptors (Lipinski definition) is 4. The van der Waals surface area contributed by atoms with Gasteiger partial charge in [0.1, 0.15) is 0 Å². The van der Waals surface area contributed by atoms with E-state index >= 15 is 0 Å². The lowest BCUT2D eigenvalue weighted by atomic mass is 9.98. The van der Waals surface area contributed by atoms with Gasteiger partial charge in [-0.15, -0.1) is 0 Å². The first kappa shape index (κ1) is 20.2. The van der Waals surface area contributed by atoms with Crippen LogP contribution in [0.5, 0.6) is 11.5 Å². The molecular weight excluding hydrogens is 352 g/mol. The Kier molecular flexibility index (Phi) is 6.57. The molecule has 0 saturated carbocycles. The number of rotatable bonds is 7. The number of hydrogen-bond donors (Lipinski definition) is 1. The van der Waals surface area contributed by atoms with Crippen molar-refractivity contribution in [2.45, 2.75) is 39.2 Å². The minimum Gasteiger partial charge on any atom is -0.493 e. The van der Waals surface area contributed by atoms with Gasteiger partial charge in [0, 0.05) is 31.7 Å². The molecule has 1 aliphatic heterocycles. The first-order valence-corrected chi connectivity index (χ1v) is 9.86. The fourth-order valence-electron chi connectivity index (χ4n) is 3.57. The number of ether oxygens (including phenoxy) is 2. The Morgan fingerprint density at radius 2 is 1.71 bits per heavy atom. The number of fused-ring (bicyclic) bond motifs is 1. The van der Waals surface area contributed by atoms with Gasteiger partial charge in [0.05, 0.1) is 14.2 Å². The van der Waals surface area contributed by atoms with Crippen molar-refractivity contribution < 1.29 is 14.3 Å². The maximum absolute atomic E-state index is 12.3. The molecule has 5 nitrogen and oxygen atoms in total. The quantitative estimate of drug-likeness (QED) is 0.779. The van der Waals surface area contributed by atoms with Crippen LogP contribution in [0.3, 0.4) is 0 Å². The van der Waals surface area contributed by atoms with E-state index in [2.05, 4.69) is 48.3 Å². The normalized spacial score (nSPS) is 13.9. The molecule has 1 N–H and O–H groups in total. The van der Waals surface area contributed by atoms with Crippen LogP contribution < -0.4 is 14.8 Å². The van der Waals surface area contributed by atoms with Crippen molar-refractivity contribution in [2.24, 2.45) is 0 Å². The second-order valence-corrected chi connectivity index (χ2v) is 7.58. The van der Waals surface area contributed by atoms with E-state index in [0.29, 0.717) is 12.3 Å². The summed E-state index contributed by atoms with van der Waals surface area (Å²) in [5, 5.41) is 3.00. The molecule has 150 valence electrons. The smallest absolute Gasteiger partial charge is 0.225 e. The highest BCUT2D eigenvalue weighted by atomic mass is 16.5. The number of anilines is 1. The topological polar surface area (TPSA) is 50.8 Å². The van der Waals surface area contributed by atoms with Gasteiger partial charge in [-0.2, -0.15) is 0 Å². The largest absolute Gasteiger partial charge is 0.493 e. The van der Waals surface area contributed by atoms with Gasteiger partial charge in [-0.1, -0.05) is 26.0 Å². The van der Waals surface area contributed by atoms with Crippen LogP contribution in [0.4, 0.5) is 5.69 Å². The van der Waals surface area contributed by atoms with Gasteiger partial charge in [-0.3, -0.25) is 9.69 Å². The van der Waals surface area contributed by atoms with Gasteiger partial charge in [-0.25, -0.2) is 0 Å². The Balaban J connectivity index is 1.53. The molecule has 1 heterocycles. The van der Waals surface area contributed by atoms with Gasteiger partial charge in [0.2, 0.25) is 5.91 Å². The van der Waals surface area contributed by atoms with Gasteiger partial charge in [0.25, 0.3) is 0 Å². The predicted molar refractivity (Wildman–Crippen MR) is 112 cm³/mol. The number of methoxy groups -OCH3 is 2. The van der Waals surface area contributed by atoms with E-state index in [1.165, 1.54) is 16.7 Å². The van der Waals surface area contributed by atoms with Crippen LogP contribution in [-0.2, 0) is 17.8 Å². The molecule has 3 rings (SSSR count). The van der Waals surface area contributed by atoms with Crippen molar-refractivity contribution in [3.05, 3.63) is 53.1 Å².